The van der Waals surface area contributed by atoms with Crippen molar-refractivity contribution in [3.8, 4) is 5.75 Å². The second kappa shape index (κ2) is 3.64. The largest absolute Gasteiger partial charge is 0.506 e. The van der Waals surface area contributed by atoms with Crippen LogP contribution >= 0.6 is 23.2 Å². The minimum atomic E-state index is 0. The molecule has 1 N–H and O–H groups in total. The third-order valence-corrected chi connectivity index (χ3v) is 1.47. The molecule has 4 heteroatoms. The molecule has 56 valence electrons. The van der Waals surface area contributed by atoms with Crippen LogP contribution in [0.15, 0.2) is 12.3 Å². The molecule has 0 saturated heterocycles. The minimum Gasteiger partial charge on any atom is -0.506 e. The summed E-state index contributed by atoms with van der Waals surface area (Å²) in [4.78, 5) is 3.56. The molecule has 10 heavy (non-hydrogen) atoms. The molecule has 1 aromatic rings. The normalized spacial score (nSPS) is 8.60. The average Bonchev–Trinajstić information content (AvgIpc) is 1.80. The maximum absolute atomic E-state index is 8.73. The first-order valence-electron chi connectivity index (χ1n) is 2.20. The Bertz CT molecular complexity index is 227. The second-order valence-electron chi connectivity index (χ2n) is 1.47. The van der Waals surface area contributed by atoms with E-state index in [1.54, 1.807) is 0 Å². The Hall–Kier alpha value is -0.470. The second-order valence-corrected chi connectivity index (χ2v) is 2.23. The lowest BCUT2D eigenvalue weighted by Crippen LogP contribution is -1.73. The zero-order chi connectivity index (χ0) is 6.85. The van der Waals surface area contributed by atoms with Crippen molar-refractivity contribution in [3.63, 3.8) is 0 Å². The summed E-state index contributed by atoms with van der Waals surface area (Å²) < 4.78 is 0. The summed E-state index contributed by atoms with van der Waals surface area (Å²) in [5.74, 6) is 0.0180. The fourth-order valence-corrected chi connectivity index (χ4v) is 0.675. The van der Waals surface area contributed by atoms with Crippen molar-refractivity contribution in [2.45, 2.75) is 7.43 Å². The van der Waals surface area contributed by atoms with Crippen molar-refractivity contribution >= 4 is 23.2 Å². The lowest BCUT2D eigenvalue weighted by Gasteiger charge is -1.92. The monoisotopic (exact) mass is 179 g/mol. The zero-order valence-electron chi connectivity index (χ0n) is 4.31. The van der Waals surface area contributed by atoms with Crippen molar-refractivity contribution in [1.29, 1.82) is 0 Å². The van der Waals surface area contributed by atoms with E-state index in [1.807, 2.05) is 0 Å². The van der Waals surface area contributed by atoms with E-state index in [0.29, 0.717) is 0 Å². The third-order valence-electron chi connectivity index (χ3n) is 0.782. The summed E-state index contributed by atoms with van der Waals surface area (Å²) in [5, 5.41) is 9.20. The molecule has 1 aromatic heterocycles. The first kappa shape index (κ1) is 9.53. The first-order chi connectivity index (χ1) is 4.20. The lowest BCUT2D eigenvalue weighted by atomic mass is 10.5. The first-order valence-corrected chi connectivity index (χ1v) is 2.96. The molecule has 1 heterocycles. The number of aromatic nitrogens is 1. The van der Waals surface area contributed by atoms with Gasteiger partial charge in [0.2, 0.25) is 0 Å². The Morgan fingerprint density at radius 1 is 1.40 bits per heavy atom. The van der Waals surface area contributed by atoms with Gasteiger partial charge >= 0.3 is 0 Å². The van der Waals surface area contributed by atoms with Gasteiger partial charge in [-0.05, 0) is 0 Å². The summed E-state index contributed by atoms with van der Waals surface area (Å²) in [6.07, 6.45) is 1.23. The number of halogens is 2. The van der Waals surface area contributed by atoms with Crippen LogP contribution in [0, 0.1) is 0 Å². The van der Waals surface area contributed by atoms with Crippen LogP contribution in [0.25, 0.3) is 0 Å². The molecule has 2 nitrogen and oxygen atoms in total. The van der Waals surface area contributed by atoms with Crippen LogP contribution < -0.4 is 0 Å². The Balaban J connectivity index is 0.000000810. The van der Waals surface area contributed by atoms with Crippen molar-refractivity contribution in [1.82, 2.24) is 4.98 Å². The molecule has 0 radical (unpaired) electrons. The van der Waals surface area contributed by atoms with Gasteiger partial charge in [0.1, 0.15) is 10.9 Å². The zero-order valence-corrected chi connectivity index (χ0v) is 5.82. The van der Waals surface area contributed by atoms with Crippen LogP contribution in [0.3, 0.4) is 0 Å². The summed E-state index contributed by atoms with van der Waals surface area (Å²) in [7, 11) is 0. The van der Waals surface area contributed by atoms with Gasteiger partial charge in [-0.2, -0.15) is 0 Å². The minimum absolute atomic E-state index is 0. The van der Waals surface area contributed by atoms with Gasteiger partial charge in [-0.25, -0.2) is 4.98 Å². The summed E-state index contributed by atoms with van der Waals surface area (Å²) in [6, 6.07) is 1.33. The Morgan fingerprint density at radius 3 is 2.40 bits per heavy atom. The molecule has 0 bridgehead atoms. The summed E-state index contributed by atoms with van der Waals surface area (Å²) in [5.41, 5.74) is 0. The van der Waals surface area contributed by atoms with Gasteiger partial charge < -0.3 is 5.11 Å². The van der Waals surface area contributed by atoms with Crippen LogP contribution in [-0.2, 0) is 0 Å². The molecule has 0 saturated carbocycles. The van der Waals surface area contributed by atoms with Gasteiger partial charge in [0.05, 0.1) is 11.2 Å². The highest BCUT2D eigenvalue weighted by Crippen LogP contribution is 2.22. The predicted octanol–water partition coefficient (Wildman–Crippen LogP) is 2.73. The van der Waals surface area contributed by atoms with Crippen molar-refractivity contribution in [2.24, 2.45) is 0 Å². The topological polar surface area (TPSA) is 33.1 Å². The van der Waals surface area contributed by atoms with Crippen molar-refractivity contribution in [2.75, 3.05) is 0 Å². The van der Waals surface area contributed by atoms with E-state index in [1.165, 1.54) is 12.3 Å². The van der Waals surface area contributed by atoms with Crippen LogP contribution in [0.5, 0.6) is 5.75 Å². The molecule has 0 aromatic carbocycles. The number of aromatic hydroxyl groups is 1. The Labute approximate surface area is 69.4 Å². The molecule has 0 spiro atoms. The molecule has 0 atom stereocenters. The van der Waals surface area contributed by atoms with Crippen LogP contribution in [-0.4, -0.2) is 10.1 Å². The molecule has 0 amide bonds. The molecular formula is C6H7Cl2NO. The molecule has 0 aliphatic carbocycles. The smallest absolute Gasteiger partial charge is 0.147 e. The maximum Gasteiger partial charge on any atom is 0.147 e. The van der Waals surface area contributed by atoms with Gasteiger partial charge in [-0.3, -0.25) is 0 Å². The molecule has 1 rings (SSSR count). The molecule has 0 aliphatic heterocycles. The Morgan fingerprint density at radius 2 is 2.00 bits per heavy atom. The highest BCUT2D eigenvalue weighted by atomic mass is 35.5. The SMILES string of the molecule is C.Oc1cnc(Cl)c(Cl)c1. The van der Waals surface area contributed by atoms with Crippen LogP contribution in [0.1, 0.15) is 7.43 Å². The molecule has 0 fully saturated rings. The standard InChI is InChI=1S/C5H3Cl2NO.CH4/c6-4-1-3(9)2-8-5(4)7;/h1-2,9H;1H4. The van der Waals surface area contributed by atoms with Crippen molar-refractivity contribution in [3.05, 3.63) is 22.4 Å². The fourth-order valence-electron chi connectivity index (χ4n) is 0.411. The number of rotatable bonds is 0. The molecule has 0 unspecified atom stereocenters. The van der Waals surface area contributed by atoms with E-state index in [9.17, 15) is 0 Å². The third kappa shape index (κ3) is 2.05. The number of hydrogen-bond acceptors (Lipinski definition) is 2. The van der Waals surface area contributed by atoms with E-state index >= 15 is 0 Å². The highest BCUT2D eigenvalue weighted by Gasteiger charge is 1.97. The summed E-state index contributed by atoms with van der Waals surface area (Å²) >= 11 is 10.9. The van der Waals surface area contributed by atoms with Crippen LogP contribution in [0.4, 0.5) is 0 Å². The van der Waals surface area contributed by atoms with Gasteiger partial charge in [0, 0.05) is 6.07 Å². The Kier molecular flexibility index (Phi) is 3.47. The number of pyridine rings is 1. The summed E-state index contributed by atoms with van der Waals surface area (Å²) in [6.45, 7) is 0. The van der Waals surface area contributed by atoms with Gasteiger partial charge in [-0.1, -0.05) is 30.6 Å². The van der Waals surface area contributed by atoms with E-state index in [2.05, 4.69) is 4.98 Å². The van der Waals surface area contributed by atoms with Gasteiger partial charge in [0.15, 0.2) is 0 Å². The maximum atomic E-state index is 8.73. The number of nitrogens with zero attached hydrogens (tertiary/aromatic N) is 1. The van der Waals surface area contributed by atoms with Gasteiger partial charge in [0.25, 0.3) is 0 Å². The van der Waals surface area contributed by atoms with Crippen LogP contribution in [0.2, 0.25) is 10.2 Å². The van der Waals surface area contributed by atoms with E-state index in [-0.39, 0.29) is 23.4 Å². The predicted molar refractivity (Wildman–Crippen MR) is 42.7 cm³/mol. The lowest BCUT2D eigenvalue weighted by molar-refractivity contribution is 0.473. The average molecular weight is 180 g/mol. The molecule has 0 aliphatic rings. The van der Waals surface area contributed by atoms with E-state index in [0.717, 1.165) is 0 Å². The fraction of sp³-hybridized carbons (Fsp3) is 0.167. The molecular weight excluding hydrogens is 173 g/mol. The number of hydrogen-bond donors (Lipinski definition) is 1. The quantitative estimate of drug-likeness (QED) is 0.622. The van der Waals surface area contributed by atoms with Gasteiger partial charge in [-0.15, -0.1) is 0 Å². The van der Waals surface area contributed by atoms with Crippen molar-refractivity contribution < 1.29 is 5.11 Å². The van der Waals surface area contributed by atoms with E-state index in [4.69, 9.17) is 28.3 Å². The van der Waals surface area contributed by atoms with E-state index < -0.39 is 0 Å². The highest BCUT2D eigenvalue weighted by molar-refractivity contribution is 6.41.